The molecule has 2 aromatic rings. The standard InChI is InChI=1S/C23H22N4O3S/c1-17-21(19-6-3-2-4-7-19)31(29,30)25-22(17)26-12-5-13-27(15-14-26)23(28)20-10-8-18(16-24)9-11-20/h2-4,6-11H,5,12-15H2,1H3. The first-order chi connectivity index (χ1) is 14.9. The first-order valence-electron chi connectivity index (χ1n) is 10.1. The van der Waals surface area contributed by atoms with Gasteiger partial charge in [-0.3, -0.25) is 4.79 Å². The van der Waals surface area contributed by atoms with Crippen LogP contribution < -0.4 is 0 Å². The Morgan fingerprint density at radius 2 is 1.71 bits per heavy atom. The minimum atomic E-state index is -3.76. The predicted octanol–water partition coefficient (Wildman–Crippen LogP) is 2.88. The molecule has 7 nitrogen and oxygen atoms in total. The van der Waals surface area contributed by atoms with Gasteiger partial charge in [0, 0.05) is 37.3 Å². The lowest BCUT2D eigenvalue weighted by molar-refractivity contribution is 0.0764. The van der Waals surface area contributed by atoms with Crippen molar-refractivity contribution in [2.45, 2.75) is 13.3 Å². The van der Waals surface area contributed by atoms with Gasteiger partial charge >= 0.3 is 0 Å². The quantitative estimate of drug-likeness (QED) is 0.724. The lowest BCUT2D eigenvalue weighted by atomic mass is 10.1. The van der Waals surface area contributed by atoms with Crippen LogP contribution in [0.15, 0.2) is 64.6 Å². The number of sulfonamides is 1. The number of amides is 1. The number of carbonyl (C=O) groups is 1. The van der Waals surface area contributed by atoms with Crippen LogP contribution in [-0.4, -0.2) is 56.1 Å². The maximum atomic E-state index is 12.9. The largest absolute Gasteiger partial charge is 0.354 e. The van der Waals surface area contributed by atoms with Crippen molar-refractivity contribution < 1.29 is 13.2 Å². The maximum absolute atomic E-state index is 12.9. The average molecular weight is 435 g/mol. The van der Waals surface area contributed by atoms with Crippen molar-refractivity contribution in [1.82, 2.24) is 9.80 Å². The summed E-state index contributed by atoms with van der Waals surface area (Å²) >= 11 is 0. The van der Waals surface area contributed by atoms with Crippen molar-refractivity contribution in [1.29, 1.82) is 5.26 Å². The number of benzene rings is 2. The second kappa shape index (κ2) is 8.36. The number of carbonyl (C=O) groups excluding carboxylic acids is 1. The summed E-state index contributed by atoms with van der Waals surface area (Å²) in [5, 5.41) is 8.93. The van der Waals surface area contributed by atoms with Crippen molar-refractivity contribution >= 4 is 26.7 Å². The fourth-order valence-corrected chi connectivity index (χ4v) is 5.46. The van der Waals surface area contributed by atoms with Gasteiger partial charge in [-0.05, 0) is 43.2 Å². The third-order valence-electron chi connectivity index (χ3n) is 5.52. The third-order valence-corrected chi connectivity index (χ3v) is 6.99. The summed E-state index contributed by atoms with van der Waals surface area (Å²) < 4.78 is 29.6. The van der Waals surface area contributed by atoms with Crippen molar-refractivity contribution in [3.8, 4) is 6.07 Å². The Hall–Kier alpha value is -3.44. The molecule has 1 amide bonds. The SMILES string of the molecule is CC1=C(c2ccccc2)S(=O)(=O)N=C1N1CCCN(C(=O)c2ccc(C#N)cc2)CC1. The minimum absolute atomic E-state index is 0.0930. The van der Waals surface area contributed by atoms with E-state index < -0.39 is 10.0 Å². The molecule has 0 N–H and O–H groups in total. The number of hydrogen-bond acceptors (Lipinski definition) is 5. The van der Waals surface area contributed by atoms with Crippen molar-refractivity contribution in [2.24, 2.45) is 4.40 Å². The van der Waals surface area contributed by atoms with Crippen molar-refractivity contribution in [3.63, 3.8) is 0 Å². The van der Waals surface area contributed by atoms with Crippen LogP contribution in [-0.2, 0) is 10.0 Å². The molecular weight excluding hydrogens is 412 g/mol. The topological polar surface area (TPSA) is 93.8 Å². The van der Waals surface area contributed by atoms with E-state index in [2.05, 4.69) is 4.40 Å². The molecular formula is C23H22N4O3S. The first-order valence-corrected chi connectivity index (χ1v) is 11.5. The zero-order chi connectivity index (χ0) is 22.0. The molecule has 0 bridgehead atoms. The predicted molar refractivity (Wildman–Crippen MR) is 119 cm³/mol. The number of hydrogen-bond donors (Lipinski definition) is 0. The summed E-state index contributed by atoms with van der Waals surface area (Å²) in [6.45, 7) is 3.94. The minimum Gasteiger partial charge on any atom is -0.354 e. The Morgan fingerprint density at radius 3 is 2.39 bits per heavy atom. The van der Waals surface area contributed by atoms with Crippen molar-refractivity contribution in [2.75, 3.05) is 26.2 Å². The number of nitriles is 1. The summed E-state index contributed by atoms with van der Waals surface area (Å²) in [5.74, 6) is 0.371. The van der Waals surface area contributed by atoms with Gasteiger partial charge in [0.2, 0.25) is 0 Å². The summed E-state index contributed by atoms with van der Waals surface area (Å²) in [4.78, 5) is 16.8. The highest BCUT2D eigenvalue weighted by atomic mass is 32.2. The van der Waals surface area contributed by atoms with Crippen LogP contribution in [0.3, 0.4) is 0 Å². The van der Waals surface area contributed by atoms with Crippen LogP contribution in [0, 0.1) is 11.3 Å². The molecule has 2 aliphatic heterocycles. The fraction of sp³-hybridized carbons (Fsp3) is 0.261. The van der Waals surface area contributed by atoms with E-state index in [1.54, 1.807) is 48.2 Å². The number of amidine groups is 1. The molecule has 2 aliphatic rings. The van der Waals surface area contributed by atoms with Crippen LogP contribution in [0.2, 0.25) is 0 Å². The lowest BCUT2D eigenvalue weighted by Gasteiger charge is -2.24. The molecule has 2 aromatic carbocycles. The van der Waals surface area contributed by atoms with Gasteiger partial charge in [0.25, 0.3) is 15.9 Å². The molecule has 1 fully saturated rings. The molecule has 0 saturated carbocycles. The second-order valence-electron chi connectivity index (χ2n) is 7.53. The van der Waals surface area contributed by atoms with E-state index in [-0.39, 0.29) is 10.8 Å². The average Bonchev–Trinajstić information content (AvgIpc) is 2.93. The molecule has 1 saturated heterocycles. The van der Waals surface area contributed by atoms with Crippen LogP contribution in [0.5, 0.6) is 0 Å². The van der Waals surface area contributed by atoms with Gasteiger partial charge in [-0.25, -0.2) is 0 Å². The molecule has 0 spiro atoms. The van der Waals surface area contributed by atoms with E-state index >= 15 is 0 Å². The van der Waals surface area contributed by atoms with E-state index in [4.69, 9.17) is 5.26 Å². The zero-order valence-electron chi connectivity index (χ0n) is 17.2. The van der Waals surface area contributed by atoms with Gasteiger partial charge in [-0.2, -0.15) is 13.7 Å². The van der Waals surface area contributed by atoms with Crippen LogP contribution in [0.1, 0.15) is 34.8 Å². The maximum Gasteiger partial charge on any atom is 0.285 e. The third kappa shape index (κ3) is 4.09. The van der Waals surface area contributed by atoms with E-state index in [0.29, 0.717) is 60.7 Å². The Balaban J connectivity index is 1.53. The molecule has 4 rings (SSSR count). The van der Waals surface area contributed by atoms with Gasteiger partial charge in [-0.15, -0.1) is 4.40 Å². The summed E-state index contributed by atoms with van der Waals surface area (Å²) in [5.41, 5.74) is 2.32. The van der Waals surface area contributed by atoms with Crippen LogP contribution in [0.4, 0.5) is 0 Å². The Kier molecular flexibility index (Phi) is 5.61. The van der Waals surface area contributed by atoms with Gasteiger partial charge in [0.1, 0.15) is 10.7 Å². The van der Waals surface area contributed by atoms with Gasteiger partial charge in [0.05, 0.1) is 11.6 Å². The molecule has 0 unspecified atom stereocenters. The van der Waals surface area contributed by atoms with Gasteiger partial charge < -0.3 is 9.80 Å². The van der Waals surface area contributed by atoms with Crippen LogP contribution >= 0.6 is 0 Å². The molecule has 31 heavy (non-hydrogen) atoms. The summed E-state index contributed by atoms with van der Waals surface area (Å²) in [6.07, 6.45) is 0.703. The highest BCUT2D eigenvalue weighted by molar-refractivity contribution is 8.00. The molecule has 8 heteroatoms. The smallest absolute Gasteiger partial charge is 0.285 e. The molecule has 0 atom stereocenters. The van der Waals surface area contributed by atoms with Crippen LogP contribution in [0.25, 0.3) is 4.91 Å². The van der Waals surface area contributed by atoms with E-state index in [9.17, 15) is 13.2 Å². The monoisotopic (exact) mass is 434 g/mol. The zero-order valence-corrected chi connectivity index (χ0v) is 18.0. The molecule has 0 aromatic heterocycles. The molecule has 2 heterocycles. The normalized spacial score (nSPS) is 18.4. The first kappa shape index (κ1) is 20.8. The summed E-state index contributed by atoms with van der Waals surface area (Å²) in [6, 6.07) is 17.6. The number of rotatable bonds is 2. The molecule has 158 valence electrons. The lowest BCUT2D eigenvalue weighted by Crippen LogP contribution is -2.37. The fourth-order valence-electron chi connectivity index (χ4n) is 3.98. The number of nitrogens with zero attached hydrogens (tertiary/aromatic N) is 4. The summed E-state index contributed by atoms with van der Waals surface area (Å²) in [7, 11) is -3.76. The van der Waals surface area contributed by atoms with E-state index in [0.717, 1.165) is 0 Å². The molecule has 0 radical (unpaired) electrons. The highest BCUT2D eigenvalue weighted by Gasteiger charge is 2.34. The van der Waals surface area contributed by atoms with Gasteiger partial charge in [-0.1, -0.05) is 30.3 Å². The highest BCUT2D eigenvalue weighted by Crippen LogP contribution is 2.33. The Labute approximate surface area is 182 Å². The second-order valence-corrected chi connectivity index (χ2v) is 9.07. The van der Waals surface area contributed by atoms with Gasteiger partial charge in [0.15, 0.2) is 0 Å². The van der Waals surface area contributed by atoms with E-state index in [1.807, 2.05) is 29.2 Å². The Morgan fingerprint density at radius 1 is 1.00 bits per heavy atom. The van der Waals surface area contributed by atoms with Crippen molar-refractivity contribution in [3.05, 3.63) is 76.9 Å². The van der Waals surface area contributed by atoms with E-state index in [1.165, 1.54) is 0 Å². The molecule has 0 aliphatic carbocycles. The Bertz CT molecular complexity index is 1210.